The minimum Gasteiger partial charge on any atom is -0.454 e. The van der Waals surface area contributed by atoms with Gasteiger partial charge in [0.2, 0.25) is 12.7 Å². The summed E-state index contributed by atoms with van der Waals surface area (Å²) in [5.41, 5.74) is 1.37. The van der Waals surface area contributed by atoms with E-state index in [0.29, 0.717) is 29.3 Å². The molecule has 7 heteroatoms. The Labute approximate surface area is 156 Å². The highest BCUT2D eigenvalue weighted by Crippen LogP contribution is 2.32. The Morgan fingerprint density at radius 1 is 1.15 bits per heavy atom. The van der Waals surface area contributed by atoms with Crippen molar-refractivity contribution in [3.8, 4) is 11.5 Å². The lowest BCUT2D eigenvalue weighted by Crippen LogP contribution is -2.45. The van der Waals surface area contributed by atoms with Gasteiger partial charge in [-0.05, 0) is 43.2 Å². The van der Waals surface area contributed by atoms with Crippen molar-refractivity contribution in [3.63, 3.8) is 0 Å². The molecule has 0 saturated carbocycles. The first kappa shape index (κ1) is 18.1. The summed E-state index contributed by atoms with van der Waals surface area (Å²) in [6.07, 6.45) is 0.646. The molecule has 6 nitrogen and oxygen atoms in total. The minimum absolute atomic E-state index is 0.234. The Morgan fingerprint density at radius 2 is 1.92 bits per heavy atom. The van der Waals surface area contributed by atoms with Crippen molar-refractivity contribution in [1.29, 1.82) is 0 Å². The fourth-order valence-corrected chi connectivity index (χ4v) is 2.79. The maximum Gasteiger partial charge on any atom is 0.253 e. The summed E-state index contributed by atoms with van der Waals surface area (Å²) in [4.78, 5) is 24.4. The number of hydrogen-bond acceptors (Lipinski definition) is 4. The van der Waals surface area contributed by atoms with Crippen LogP contribution in [0.25, 0.3) is 0 Å². The zero-order valence-corrected chi connectivity index (χ0v) is 15.0. The highest BCUT2D eigenvalue weighted by Gasteiger charge is 2.18. The number of nitrogens with one attached hydrogen (secondary N) is 2. The van der Waals surface area contributed by atoms with Gasteiger partial charge in [-0.3, -0.25) is 9.59 Å². The van der Waals surface area contributed by atoms with E-state index in [4.69, 9.17) is 21.1 Å². The standard InChI is InChI=1S/C19H19ClN2O4/c1-12(22-19(24)14-4-2-3-5-15(14)20)18(23)21-9-8-13-6-7-16-17(10-13)26-11-25-16/h2-7,10,12H,8-9,11H2,1H3,(H,21,23)(H,22,24). The van der Waals surface area contributed by atoms with Crippen molar-refractivity contribution < 1.29 is 19.1 Å². The normalized spacial score (nSPS) is 13.2. The molecule has 0 radical (unpaired) electrons. The van der Waals surface area contributed by atoms with Crippen LogP contribution in [0.3, 0.4) is 0 Å². The molecule has 2 aromatic carbocycles. The topological polar surface area (TPSA) is 76.7 Å². The summed E-state index contributed by atoms with van der Waals surface area (Å²) in [5, 5.41) is 5.81. The summed E-state index contributed by atoms with van der Waals surface area (Å²) in [6, 6.07) is 11.7. The van der Waals surface area contributed by atoms with Crippen molar-refractivity contribution >= 4 is 23.4 Å². The first-order valence-electron chi connectivity index (χ1n) is 8.26. The van der Waals surface area contributed by atoms with Crippen LogP contribution >= 0.6 is 11.6 Å². The number of fused-ring (bicyclic) bond motifs is 1. The zero-order chi connectivity index (χ0) is 18.5. The van der Waals surface area contributed by atoms with Crippen LogP contribution in [0.4, 0.5) is 0 Å². The van der Waals surface area contributed by atoms with Crippen molar-refractivity contribution in [2.45, 2.75) is 19.4 Å². The van der Waals surface area contributed by atoms with Gasteiger partial charge in [0, 0.05) is 6.54 Å². The van der Waals surface area contributed by atoms with Crippen LogP contribution in [0, 0.1) is 0 Å². The van der Waals surface area contributed by atoms with Gasteiger partial charge < -0.3 is 20.1 Å². The SMILES string of the molecule is CC(NC(=O)c1ccccc1Cl)C(=O)NCCc1ccc2c(c1)OCO2. The third-order valence-electron chi connectivity index (χ3n) is 4.01. The maximum absolute atomic E-state index is 12.2. The second-order valence-corrected chi connectivity index (χ2v) is 6.31. The average molecular weight is 375 g/mol. The molecule has 136 valence electrons. The summed E-state index contributed by atoms with van der Waals surface area (Å²) >= 11 is 5.99. The maximum atomic E-state index is 12.2. The molecule has 1 heterocycles. The van der Waals surface area contributed by atoms with Gasteiger partial charge in [-0.1, -0.05) is 29.8 Å². The van der Waals surface area contributed by atoms with E-state index in [2.05, 4.69) is 10.6 Å². The molecule has 2 aromatic rings. The molecule has 2 amide bonds. The second kappa shape index (κ2) is 8.10. The first-order chi connectivity index (χ1) is 12.5. The van der Waals surface area contributed by atoms with E-state index < -0.39 is 6.04 Å². The molecule has 1 atom stereocenters. The number of amides is 2. The van der Waals surface area contributed by atoms with Crippen LogP contribution < -0.4 is 20.1 Å². The number of halogens is 1. The summed E-state index contributed by atoms with van der Waals surface area (Å²) in [5.74, 6) is 0.808. The Hall–Kier alpha value is -2.73. The Balaban J connectivity index is 1.47. The van der Waals surface area contributed by atoms with Gasteiger partial charge in [-0.2, -0.15) is 0 Å². The molecule has 0 fully saturated rings. The van der Waals surface area contributed by atoms with Crippen molar-refractivity contribution in [2.24, 2.45) is 0 Å². The molecule has 0 aromatic heterocycles. The van der Waals surface area contributed by atoms with Crippen LogP contribution in [0.15, 0.2) is 42.5 Å². The average Bonchev–Trinajstić information content (AvgIpc) is 3.09. The lowest BCUT2D eigenvalue weighted by atomic mass is 10.1. The monoisotopic (exact) mass is 374 g/mol. The number of rotatable bonds is 6. The number of carbonyl (C=O) groups is 2. The van der Waals surface area contributed by atoms with Gasteiger partial charge in [0.15, 0.2) is 11.5 Å². The molecule has 0 saturated heterocycles. The third kappa shape index (κ3) is 4.26. The van der Waals surface area contributed by atoms with E-state index in [0.717, 1.165) is 11.3 Å². The first-order valence-corrected chi connectivity index (χ1v) is 8.64. The molecule has 0 bridgehead atoms. The van der Waals surface area contributed by atoms with Crippen LogP contribution in [-0.2, 0) is 11.2 Å². The van der Waals surface area contributed by atoms with E-state index in [1.807, 2.05) is 18.2 Å². The lowest BCUT2D eigenvalue weighted by molar-refractivity contribution is -0.122. The van der Waals surface area contributed by atoms with E-state index in [9.17, 15) is 9.59 Å². The van der Waals surface area contributed by atoms with Gasteiger partial charge >= 0.3 is 0 Å². The van der Waals surface area contributed by atoms with Crippen LogP contribution in [0.5, 0.6) is 11.5 Å². The Kier molecular flexibility index (Phi) is 5.63. The largest absolute Gasteiger partial charge is 0.454 e. The molecular weight excluding hydrogens is 356 g/mol. The number of ether oxygens (including phenoxy) is 2. The van der Waals surface area contributed by atoms with Crippen LogP contribution in [-0.4, -0.2) is 31.2 Å². The molecule has 1 unspecified atom stereocenters. The number of hydrogen-bond donors (Lipinski definition) is 2. The molecule has 1 aliphatic rings. The summed E-state index contributed by atoms with van der Waals surface area (Å²) in [7, 11) is 0. The van der Waals surface area contributed by atoms with Crippen LogP contribution in [0.1, 0.15) is 22.8 Å². The molecule has 1 aliphatic heterocycles. The molecule has 2 N–H and O–H groups in total. The molecular formula is C19H19ClN2O4. The predicted molar refractivity (Wildman–Crippen MR) is 97.7 cm³/mol. The van der Waals surface area contributed by atoms with E-state index in [1.54, 1.807) is 31.2 Å². The summed E-state index contributed by atoms with van der Waals surface area (Å²) < 4.78 is 10.6. The second-order valence-electron chi connectivity index (χ2n) is 5.90. The Bertz CT molecular complexity index is 825. The number of carbonyl (C=O) groups excluding carboxylic acids is 2. The van der Waals surface area contributed by atoms with Crippen molar-refractivity contribution in [1.82, 2.24) is 10.6 Å². The van der Waals surface area contributed by atoms with Crippen LogP contribution in [0.2, 0.25) is 5.02 Å². The quantitative estimate of drug-likeness (QED) is 0.814. The molecule has 3 rings (SSSR count). The Morgan fingerprint density at radius 3 is 2.73 bits per heavy atom. The van der Waals surface area contributed by atoms with Gasteiger partial charge in [0.25, 0.3) is 5.91 Å². The highest BCUT2D eigenvalue weighted by molar-refractivity contribution is 6.33. The van der Waals surface area contributed by atoms with E-state index in [-0.39, 0.29) is 18.6 Å². The minimum atomic E-state index is -0.671. The fourth-order valence-electron chi connectivity index (χ4n) is 2.56. The molecule has 0 aliphatic carbocycles. The van der Waals surface area contributed by atoms with Crippen molar-refractivity contribution in [2.75, 3.05) is 13.3 Å². The third-order valence-corrected chi connectivity index (χ3v) is 4.34. The number of benzene rings is 2. The smallest absolute Gasteiger partial charge is 0.253 e. The van der Waals surface area contributed by atoms with E-state index >= 15 is 0 Å². The summed E-state index contributed by atoms with van der Waals surface area (Å²) in [6.45, 7) is 2.31. The molecule has 26 heavy (non-hydrogen) atoms. The van der Waals surface area contributed by atoms with E-state index in [1.165, 1.54) is 0 Å². The van der Waals surface area contributed by atoms with Gasteiger partial charge in [-0.15, -0.1) is 0 Å². The predicted octanol–water partition coefficient (Wildman–Crippen LogP) is 2.55. The highest BCUT2D eigenvalue weighted by atomic mass is 35.5. The van der Waals surface area contributed by atoms with Crippen molar-refractivity contribution in [3.05, 3.63) is 58.6 Å². The van der Waals surface area contributed by atoms with Gasteiger partial charge in [0.05, 0.1) is 10.6 Å². The zero-order valence-electron chi connectivity index (χ0n) is 14.3. The lowest BCUT2D eigenvalue weighted by Gasteiger charge is -2.14. The molecule has 0 spiro atoms. The van der Waals surface area contributed by atoms with Gasteiger partial charge in [0.1, 0.15) is 6.04 Å². The fraction of sp³-hybridized carbons (Fsp3) is 0.263. The van der Waals surface area contributed by atoms with Gasteiger partial charge in [-0.25, -0.2) is 0 Å².